The molecule has 0 aliphatic carbocycles. The van der Waals surface area contributed by atoms with Crippen LogP contribution in [0.4, 0.5) is 11.4 Å². The van der Waals surface area contributed by atoms with Crippen molar-refractivity contribution in [2.45, 2.75) is 36.9 Å². The van der Waals surface area contributed by atoms with Crippen molar-refractivity contribution in [3.63, 3.8) is 0 Å². The third kappa shape index (κ3) is 2.79. The molecule has 4 aliphatic rings. The average molecular weight is 431 g/mol. The van der Waals surface area contributed by atoms with Gasteiger partial charge in [-0.1, -0.05) is 42.5 Å². The number of methoxy groups -OCH3 is 1. The number of fused-ring (bicyclic) bond motifs is 5. The van der Waals surface area contributed by atoms with Crippen LogP contribution in [0, 0.1) is 0 Å². The summed E-state index contributed by atoms with van der Waals surface area (Å²) in [4.78, 5) is 8.94. The second-order valence-corrected chi connectivity index (χ2v) is 10.2. The summed E-state index contributed by atoms with van der Waals surface area (Å²) < 4.78 is 11.9. The van der Waals surface area contributed by atoms with Gasteiger partial charge in [0.15, 0.2) is 5.90 Å². The number of aliphatic imine (C=N–C) groups is 1. The first-order chi connectivity index (χ1) is 15.2. The summed E-state index contributed by atoms with van der Waals surface area (Å²) in [5.74, 6) is 1.81. The molecule has 0 aromatic heterocycles. The fourth-order valence-corrected chi connectivity index (χ4v) is 6.60. The van der Waals surface area contributed by atoms with Crippen LogP contribution in [0.5, 0.6) is 0 Å². The molecule has 0 bridgehead atoms. The Balaban J connectivity index is 1.54. The highest BCUT2D eigenvalue weighted by Crippen LogP contribution is 2.57. The molecule has 5 heteroatoms. The van der Waals surface area contributed by atoms with E-state index < -0.39 is 0 Å². The van der Waals surface area contributed by atoms with Gasteiger partial charge >= 0.3 is 0 Å². The number of ether oxygens (including phenoxy) is 2. The lowest BCUT2D eigenvalue weighted by molar-refractivity contribution is 0.206. The molecule has 0 fully saturated rings. The van der Waals surface area contributed by atoms with E-state index in [4.69, 9.17) is 14.5 Å². The Kier molecular flexibility index (Phi) is 4.42. The van der Waals surface area contributed by atoms with Crippen LogP contribution in [0.2, 0.25) is 0 Å². The summed E-state index contributed by atoms with van der Waals surface area (Å²) in [5.41, 5.74) is 5.75. The van der Waals surface area contributed by atoms with Crippen molar-refractivity contribution in [1.82, 2.24) is 0 Å². The number of para-hydroxylation sites is 2. The van der Waals surface area contributed by atoms with Gasteiger partial charge in [-0.25, -0.2) is 4.99 Å². The number of nitrogens with zero attached hydrogens (tertiary/aromatic N) is 2. The highest BCUT2D eigenvalue weighted by Gasteiger charge is 2.52. The molecule has 4 aliphatic heterocycles. The summed E-state index contributed by atoms with van der Waals surface area (Å²) in [6.07, 6.45) is 5.14. The summed E-state index contributed by atoms with van der Waals surface area (Å²) in [5, 5.41) is 0.567. The number of anilines is 2. The highest BCUT2D eigenvalue weighted by atomic mass is 32.2. The fraction of sp³-hybridized carbons (Fsp3) is 0.346. The zero-order chi connectivity index (χ0) is 21.0. The molecule has 0 saturated heterocycles. The lowest BCUT2D eigenvalue weighted by Gasteiger charge is -2.44. The van der Waals surface area contributed by atoms with Crippen LogP contribution in [0.1, 0.15) is 37.3 Å². The van der Waals surface area contributed by atoms with Crippen molar-refractivity contribution in [2.75, 3.05) is 25.2 Å². The van der Waals surface area contributed by atoms with Gasteiger partial charge in [0.05, 0.1) is 7.11 Å². The van der Waals surface area contributed by atoms with Gasteiger partial charge in [-0.3, -0.25) is 0 Å². The minimum absolute atomic E-state index is 0.389. The van der Waals surface area contributed by atoms with Crippen LogP contribution in [0.3, 0.4) is 0 Å². The van der Waals surface area contributed by atoms with E-state index in [0.717, 1.165) is 43.2 Å². The maximum absolute atomic E-state index is 6.33. The van der Waals surface area contributed by atoms with Gasteiger partial charge in [0.25, 0.3) is 0 Å². The number of hydrogen-bond acceptors (Lipinski definition) is 5. The van der Waals surface area contributed by atoms with Gasteiger partial charge in [0, 0.05) is 36.0 Å². The second-order valence-electron chi connectivity index (χ2n) is 8.61. The van der Waals surface area contributed by atoms with Crippen molar-refractivity contribution in [3.8, 4) is 0 Å². The first-order valence-corrected chi connectivity index (χ1v) is 11.9. The van der Waals surface area contributed by atoms with Gasteiger partial charge < -0.3 is 14.4 Å². The highest BCUT2D eigenvalue weighted by molar-refractivity contribution is 8.03. The first kappa shape index (κ1) is 19.1. The second kappa shape index (κ2) is 7.20. The molecule has 2 aromatic carbocycles. The molecule has 0 amide bonds. The minimum atomic E-state index is -0.389. The monoisotopic (exact) mass is 430 g/mol. The van der Waals surface area contributed by atoms with Crippen LogP contribution in [0.15, 0.2) is 76.0 Å². The Hall–Kier alpha value is -2.66. The van der Waals surface area contributed by atoms with Crippen molar-refractivity contribution in [3.05, 3.63) is 82.1 Å². The van der Waals surface area contributed by atoms with Gasteiger partial charge in [0.2, 0.25) is 0 Å². The number of thioether (sulfide) groups is 1. The molecule has 1 atom stereocenters. The van der Waals surface area contributed by atoms with Crippen LogP contribution >= 0.6 is 11.8 Å². The van der Waals surface area contributed by atoms with Crippen LogP contribution < -0.4 is 4.90 Å². The Morgan fingerprint density at radius 3 is 2.45 bits per heavy atom. The molecular weight excluding hydrogens is 404 g/mol. The third-order valence-corrected chi connectivity index (χ3v) is 8.10. The Morgan fingerprint density at radius 1 is 1.10 bits per heavy atom. The van der Waals surface area contributed by atoms with Crippen LogP contribution in [0.25, 0.3) is 0 Å². The number of benzene rings is 2. The zero-order valence-corrected chi connectivity index (χ0v) is 18.7. The Labute approximate surface area is 187 Å². The van der Waals surface area contributed by atoms with Gasteiger partial charge in [-0.2, -0.15) is 0 Å². The SMILES string of the molecule is COC1=NC2=C(CC1)OCC21c2ccccc2N(CC2CC=C(C)S2)c2ccccc21. The zero-order valence-electron chi connectivity index (χ0n) is 17.9. The molecule has 6 rings (SSSR count). The molecule has 0 N–H and O–H groups in total. The van der Waals surface area contributed by atoms with Crippen molar-refractivity contribution in [2.24, 2.45) is 4.99 Å². The molecule has 0 saturated carbocycles. The summed E-state index contributed by atoms with van der Waals surface area (Å²) in [6.45, 7) is 3.80. The fourth-order valence-electron chi connectivity index (χ4n) is 5.46. The van der Waals surface area contributed by atoms with E-state index in [0.29, 0.717) is 11.9 Å². The van der Waals surface area contributed by atoms with E-state index >= 15 is 0 Å². The molecule has 158 valence electrons. The minimum Gasteiger partial charge on any atom is -0.494 e. The van der Waals surface area contributed by atoms with E-state index in [1.165, 1.54) is 27.4 Å². The maximum Gasteiger partial charge on any atom is 0.188 e. The van der Waals surface area contributed by atoms with Crippen LogP contribution in [-0.4, -0.2) is 31.4 Å². The number of hydrogen-bond donors (Lipinski definition) is 0. The molecule has 31 heavy (non-hydrogen) atoms. The summed E-state index contributed by atoms with van der Waals surface area (Å²) in [7, 11) is 1.71. The molecule has 0 radical (unpaired) electrons. The lowest BCUT2D eigenvalue weighted by Crippen LogP contribution is -2.41. The van der Waals surface area contributed by atoms with Crippen molar-refractivity contribution in [1.29, 1.82) is 0 Å². The van der Waals surface area contributed by atoms with E-state index in [2.05, 4.69) is 66.4 Å². The largest absolute Gasteiger partial charge is 0.494 e. The molecule has 1 unspecified atom stereocenters. The standard InChI is InChI=1S/C26H26N2O2S/c1-17-11-12-18(31-17)15-28-21-9-5-3-7-19(21)26(20-8-4-6-10-22(20)28)16-30-23-13-14-24(29-2)27-25(23)26/h3-11,18H,12-16H2,1-2H3. The topological polar surface area (TPSA) is 34.1 Å². The predicted molar refractivity (Wildman–Crippen MR) is 127 cm³/mol. The predicted octanol–water partition coefficient (Wildman–Crippen LogP) is 5.91. The molecule has 2 aromatic rings. The number of allylic oxidation sites excluding steroid dienone is 3. The van der Waals surface area contributed by atoms with E-state index in [1.807, 2.05) is 11.8 Å². The smallest absolute Gasteiger partial charge is 0.188 e. The average Bonchev–Trinajstić information content (AvgIpc) is 3.40. The third-order valence-electron chi connectivity index (χ3n) is 6.89. The van der Waals surface area contributed by atoms with Gasteiger partial charge in [-0.05, 0) is 41.5 Å². The molecular formula is C26H26N2O2S. The first-order valence-electron chi connectivity index (χ1n) is 11.0. The Morgan fingerprint density at radius 2 is 1.81 bits per heavy atom. The Bertz CT molecular complexity index is 1100. The normalized spacial score (nSPS) is 23.0. The van der Waals surface area contributed by atoms with Crippen LogP contribution in [-0.2, 0) is 14.9 Å². The molecule has 4 heterocycles. The quantitative estimate of drug-likeness (QED) is 0.593. The summed E-state index contributed by atoms with van der Waals surface area (Å²) in [6, 6.07) is 17.6. The molecule has 1 spiro atoms. The van der Waals surface area contributed by atoms with Gasteiger partial charge in [0.1, 0.15) is 23.5 Å². The van der Waals surface area contributed by atoms with Crippen molar-refractivity contribution < 1.29 is 9.47 Å². The van der Waals surface area contributed by atoms with E-state index in [9.17, 15) is 0 Å². The maximum atomic E-state index is 6.33. The number of rotatable bonds is 2. The summed E-state index contributed by atoms with van der Waals surface area (Å²) >= 11 is 2.00. The van der Waals surface area contributed by atoms with E-state index in [-0.39, 0.29) is 5.41 Å². The molecule has 4 nitrogen and oxygen atoms in total. The van der Waals surface area contributed by atoms with Gasteiger partial charge in [-0.15, -0.1) is 11.8 Å². The lowest BCUT2D eigenvalue weighted by atomic mass is 9.69. The van der Waals surface area contributed by atoms with Crippen molar-refractivity contribution >= 4 is 29.0 Å². The van der Waals surface area contributed by atoms with E-state index in [1.54, 1.807) is 7.11 Å².